The molecule has 0 bridgehead atoms. The van der Waals surface area contributed by atoms with E-state index in [1.807, 2.05) is 0 Å². The highest BCUT2D eigenvalue weighted by atomic mass is 16.2. The summed E-state index contributed by atoms with van der Waals surface area (Å²) in [5, 5.41) is 9.91. The Morgan fingerprint density at radius 1 is 1.19 bits per heavy atom. The Morgan fingerprint density at radius 2 is 1.85 bits per heavy atom. The summed E-state index contributed by atoms with van der Waals surface area (Å²) in [5.74, 6) is -0.473. The van der Waals surface area contributed by atoms with Gasteiger partial charge in [-0.25, -0.2) is 0 Å². The van der Waals surface area contributed by atoms with Crippen LogP contribution in [-0.4, -0.2) is 39.4 Å². The van der Waals surface area contributed by atoms with Gasteiger partial charge in [-0.15, -0.1) is 0 Å². The first-order valence-electron chi connectivity index (χ1n) is 8.36. The van der Waals surface area contributed by atoms with Crippen LogP contribution in [0.5, 0.6) is 0 Å². The smallest absolute Gasteiger partial charge is 0.246 e. The van der Waals surface area contributed by atoms with Gasteiger partial charge in [0, 0.05) is 37.3 Å². The number of anilines is 1. The second kappa shape index (κ2) is 7.49. The largest absolute Gasteiger partial charge is 0.324 e. The summed E-state index contributed by atoms with van der Waals surface area (Å²) in [7, 11) is 3.51. The Hall–Kier alpha value is -3.00. The van der Waals surface area contributed by atoms with E-state index in [9.17, 15) is 14.4 Å². The van der Waals surface area contributed by atoms with Gasteiger partial charge in [0.2, 0.25) is 17.7 Å². The van der Waals surface area contributed by atoms with Crippen molar-refractivity contribution in [2.24, 2.45) is 7.05 Å². The highest BCUT2D eigenvalue weighted by Gasteiger charge is 2.28. The molecule has 8 heteroatoms. The van der Waals surface area contributed by atoms with Crippen molar-refractivity contribution >= 4 is 23.4 Å². The maximum absolute atomic E-state index is 12.5. The van der Waals surface area contributed by atoms with Crippen LogP contribution in [0.3, 0.4) is 0 Å². The summed E-state index contributed by atoms with van der Waals surface area (Å²) in [6, 6.07) is 6.60. The van der Waals surface area contributed by atoms with Crippen LogP contribution in [0.25, 0.3) is 0 Å². The van der Waals surface area contributed by atoms with Crippen LogP contribution in [-0.2, 0) is 28.0 Å². The van der Waals surface area contributed by atoms with Crippen molar-refractivity contribution < 1.29 is 14.4 Å². The number of likely N-dealkylation sites (N-methyl/N-ethyl adjacent to an activating group) is 1. The number of rotatable bonds is 6. The molecule has 0 aliphatic carbocycles. The number of imide groups is 1. The van der Waals surface area contributed by atoms with Crippen LogP contribution < -0.4 is 10.6 Å². The minimum Gasteiger partial charge on any atom is -0.324 e. The molecule has 1 aromatic heterocycles. The minimum absolute atomic E-state index is 0.138. The Kier molecular flexibility index (Phi) is 5.13. The number of hydrogen-bond acceptors (Lipinski definition) is 5. The van der Waals surface area contributed by atoms with E-state index in [1.54, 1.807) is 55.4 Å². The number of aromatic nitrogens is 2. The van der Waals surface area contributed by atoms with Crippen LogP contribution in [0.4, 0.5) is 5.69 Å². The number of carbonyl (C=O) groups is 3. The molecule has 2 aromatic rings. The normalized spacial score (nSPS) is 15.4. The topological polar surface area (TPSA) is 96.3 Å². The molecule has 136 valence electrons. The number of hydrogen-bond donors (Lipinski definition) is 2. The summed E-state index contributed by atoms with van der Waals surface area (Å²) in [6.45, 7) is 0.265. The highest BCUT2D eigenvalue weighted by Crippen LogP contribution is 2.19. The number of nitrogens with one attached hydrogen (secondary N) is 2. The van der Waals surface area contributed by atoms with E-state index in [4.69, 9.17) is 0 Å². The minimum atomic E-state index is -0.511. The van der Waals surface area contributed by atoms with Crippen LogP contribution in [0.2, 0.25) is 0 Å². The second-order valence-corrected chi connectivity index (χ2v) is 6.23. The SMILES string of the molecule is CNC(C(=O)Nc1ccc(CN2C(=O)CCC2=O)cc1)c1cnn(C)c1. The molecule has 1 fully saturated rings. The van der Waals surface area contributed by atoms with Crippen LogP contribution in [0, 0.1) is 0 Å². The van der Waals surface area contributed by atoms with Gasteiger partial charge in [-0.1, -0.05) is 12.1 Å². The molecule has 1 unspecified atom stereocenters. The van der Waals surface area contributed by atoms with Crippen LogP contribution in [0.15, 0.2) is 36.7 Å². The van der Waals surface area contributed by atoms with Crippen molar-refractivity contribution in [2.45, 2.75) is 25.4 Å². The van der Waals surface area contributed by atoms with Crippen molar-refractivity contribution in [1.29, 1.82) is 0 Å². The van der Waals surface area contributed by atoms with Crippen molar-refractivity contribution in [3.63, 3.8) is 0 Å². The fraction of sp³-hybridized carbons (Fsp3) is 0.333. The molecule has 1 atom stereocenters. The predicted molar refractivity (Wildman–Crippen MR) is 94.9 cm³/mol. The average molecular weight is 355 g/mol. The molecule has 2 N–H and O–H groups in total. The van der Waals surface area contributed by atoms with Gasteiger partial charge < -0.3 is 10.6 Å². The Bertz CT molecular complexity index is 812. The third-order valence-electron chi connectivity index (χ3n) is 4.33. The molecule has 1 saturated heterocycles. The molecular formula is C18H21N5O3. The van der Waals surface area contributed by atoms with Gasteiger partial charge >= 0.3 is 0 Å². The molecule has 8 nitrogen and oxygen atoms in total. The monoisotopic (exact) mass is 355 g/mol. The molecular weight excluding hydrogens is 334 g/mol. The summed E-state index contributed by atoms with van der Waals surface area (Å²) < 4.78 is 1.64. The van der Waals surface area contributed by atoms with Gasteiger partial charge in [0.1, 0.15) is 6.04 Å². The number of aryl methyl sites for hydroxylation is 1. The Morgan fingerprint density at radius 3 is 2.38 bits per heavy atom. The van der Waals surface area contributed by atoms with Crippen LogP contribution in [0.1, 0.15) is 30.0 Å². The third kappa shape index (κ3) is 3.80. The first kappa shape index (κ1) is 17.8. The lowest BCUT2D eigenvalue weighted by atomic mass is 10.1. The quantitative estimate of drug-likeness (QED) is 0.753. The summed E-state index contributed by atoms with van der Waals surface area (Å²) in [5.41, 5.74) is 2.25. The lowest BCUT2D eigenvalue weighted by molar-refractivity contribution is -0.139. The lowest BCUT2D eigenvalue weighted by Crippen LogP contribution is -2.30. The molecule has 0 radical (unpaired) electrons. The van der Waals surface area contributed by atoms with E-state index in [0.717, 1.165) is 11.1 Å². The number of nitrogens with zero attached hydrogens (tertiary/aromatic N) is 3. The van der Waals surface area contributed by atoms with Crippen LogP contribution >= 0.6 is 0 Å². The molecule has 1 aliphatic rings. The van der Waals surface area contributed by atoms with Gasteiger partial charge in [-0.3, -0.25) is 24.0 Å². The number of amides is 3. The van der Waals surface area contributed by atoms with Gasteiger partial charge in [0.25, 0.3) is 0 Å². The molecule has 26 heavy (non-hydrogen) atoms. The first-order valence-corrected chi connectivity index (χ1v) is 8.36. The third-order valence-corrected chi connectivity index (χ3v) is 4.33. The fourth-order valence-corrected chi connectivity index (χ4v) is 2.93. The Labute approximate surface area is 151 Å². The van der Waals surface area contributed by atoms with Gasteiger partial charge in [-0.05, 0) is 24.7 Å². The predicted octanol–water partition coefficient (Wildman–Crippen LogP) is 0.968. The Balaban J connectivity index is 1.64. The lowest BCUT2D eigenvalue weighted by Gasteiger charge is -2.16. The zero-order chi connectivity index (χ0) is 18.7. The average Bonchev–Trinajstić information content (AvgIpc) is 3.18. The molecule has 3 amide bonds. The van der Waals surface area contributed by atoms with E-state index >= 15 is 0 Å². The molecule has 0 saturated carbocycles. The molecule has 0 spiro atoms. The van der Waals surface area contributed by atoms with Gasteiger partial charge in [0.15, 0.2) is 0 Å². The zero-order valence-corrected chi connectivity index (χ0v) is 14.7. The molecule has 2 heterocycles. The van der Waals surface area contributed by atoms with E-state index in [-0.39, 0.29) is 37.1 Å². The maximum atomic E-state index is 12.5. The summed E-state index contributed by atoms with van der Waals surface area (Å²) in [6.07, 6.45) is 4.00. The molecule has 3 rings (SSSR count). The van der Waals surface area contributed by atoms with Gasteiger partial charge in [-0.2, -0.15) is 5.10 Å². The fourth-order valence-electron chi connectivity index (χ4n) is 2.93. The first-order chi connectivity index (χ1) is 12.5. The van der Waals surface area contributed by atoms with Gasteiger partial charge in [0.05, 0.1) is 12.7 Å². The molecule has 1 aromatic carbocycles. The number of likely N-dealkylation sites (tertiary alicyclic amines) is 1. The van der Waals surface area contributed by atoms with E-state index in [2.05, 4.69) is 15.7 Å². The maximum Gasteiger partial charge on any atom is 0.246 e. The number of benzene rings is 1. The van der Waals surface area contributed by atoms with Crippen molar-refractivity contribution in [2.75, 3.05) is 12.4 Å². The number of carbonyl (C=O) groups excluding carboxylic acids is 3. The summed E-state index contributed by atoms with van der Waals surface area (Å²) >= 11 is 0. The molecule has 1 aliphatic heterocycles. The van der Waals surface area contributed by atoms with Crippen molar-refractivity contribution in [3.8, 4) is 0 Å². The van der Waals surface area contributed by atoms with E-state index in [1.165, 1.54) is 4.90 Å². The van der Waals surface area contributed by atoms with Crippen molar-refractivity contribution in [1.82, 2.24) is 20.0 Å². The summed E-state index contributed by atoms with van der Waals surface area (Å²) in [4.78, 5) is 37.1. The van der Waals surface area contributed by atoms with E-state index < -0.39 is 6.04 Å². The van der Waals surface area contributed by atoms with E-state index in [0.29, 0.717) is 5.69 Å². The van der Waals surface area contributed by atoms with Crippen molar-refractivity contribution in [3.05, 3.63) is 47.8 Å². The highest BCUT2D eigenvalue weighted by molar-refractivity contribution is 6.01. The second-order valence-electron chi connectivity index (χ2n) is 6.23. The standard InChI is InChI=1S/C18H21N5O3/c1-19-17(13-9-20-22(2)11-13)18(26)21-14-5-3-12(4-6-14)10-23-15(24)7-8-16(23)25/h3-6,9,11,17,19H,7-8,10H2,1-2H3,(H,21,26). The zero-order valence-electron chi connectivity index (χ0n) is 14.7.